The third-order valence-corrected chi connectivity index (χ3v) is 9.10. The SMILES string of the molecule is C=Cc1c(C)c2cc3nc(cc4[nH]c(cc5nc(cc1[nH]2)C(C)=C5CC)c(C)c4C(=O)CC(=O)OC)[C@@H](CCC(C)=O)[C@@H]3C. The zero-order valence-corrected chi connectivity index (χ0v) is 26.6. The van der Waals surface area contributed by atoms with Gasteiger partial charge in [0.2, 0.25) is 0 Å². The van der Waals surface area contributed by atoms with Gasteiger partial charge in [-0.3, -0.25) is 14.6 Å². The van der Waals surface area contributed by atoms with E-state index in [-0.39, 0.29) is 29.8 Å². The van der Waals surface area contributed by atoms with Gasteiger partial charge in [-0.1, -0.05) is 26.5 Å². The molecule has 0 unspecified atom stereocenters. The zero-order chi connectivity index (χ0) is 31.9. The van der Waals surface area contributed by atoms with Crippen LogP contribution in [0.4, 0.5) is 0 Å². The molecule has 8 bridgehead atoms. The molecule has 0 aromatic carbocycles. The molecule has 3 aromatic rings. The topological polar surface area (TPSA) is 118 Å². The van der Waals surface area contributed by atoms with Gasteiger partial charge in [0, 0.05) is 57.3 Å². The number of hydrogen-bond donors (Lipinski definition) is 2. The summed E-state index contributed by atoms with van der Waals surface area (Å²) in [6.45, 7) is 15.9. The van der Waals surface area contributed by atoms with Crippen molar-refractivity contribution < 1.29 is 19.1 Å². The number of nitrogens with zero attached hydrogens (tertiary/aromatic N) is 2. The highest BCUT2D eigenvalue weighted by molar-refractivity contribution is 6.12. The van der Waals surface area contributed by atoms with Crippen molar-refractivity contribution in [3.63, 3.8) is 0 Å². The maximum atomic E-state index is 13.5. The lowest BCUT2D eigenvalue weighted by Gasteiger charge is -2.15. The molecule has 0 radical (unpaired) electrons. The van der Waals surface area contributed by atoms with Crippen molar-refractivity contribution in [2.45, 2.75) is 79.1 Å². The largest absolute Gasteiger partial charge is 0.469 e. The molecule has 5 heterocycles. The van der Waals surface area contributed by atoms with Crippen LogP contribution in [0.1, 0.15) is 115 Å². The van der Waals surface area contributed by atoms with Gasteiger partial charge in [0.05, 0.1) is 24.0 Å². The number of ether oxygens (including phenoxy) is 1. The third-order valence-electron chi connectivity index (χ3n) is 9.10. The standard InChI is InChI=1S/C36H40N4O4/c1-9-23-19(4)26-13-27-21(6)25(12-11-18(3)41)32(39-27)16-33-36(34(42)17-35(43)44-8)22(7)29(40-33)15-31-24(10-2)20(5)28(38-31)14-30(23)37-26/h9,13-16,21,25,37,40H,1,10-12,17H2,2-8H3/t21-,25-/m0/s1. The average Bonchev–Trinajstić information content (AvgIpc) is 3.64. The van der Waals surface area contributed by atoms with Crippen molar-refractivity contribution in [2.75, 3.05) is 7.11 Å². The molecular formula is C36H40N4O4. The molecule has 8 heteroatoms. The number of aromatic nitrogens is 4. The molecule has 44 heavy (non-hydrogen) atoms. The Balaban J connectivity index is 1.92. The predicted molar refractivity (Wildman–Crippen MR) is 175 cm³/mol. The summed E-state index contributed by atoms with van der Waals surface area (Å²) < 4.78 is 4.81. The Morgan fingerprint density at radius 1 is 0.932 bits per heavy atom. The normalized spacial score (nSPS) is 16.2. The molecule has 2 aliphatic rings. The number of hydrogen-bond acceptors (Lipinski definition) is 6. The molecule has 0 saturated carbocycles. The van der Waals surface area contributed by atoms with Crippen LogP contribution < -0.4 is 0 Å². The highest BCUT2D eigenvalue weighted by atomic mass is 16.5. The van der Waals surface area contributed by atoms with Gasteiger partial charge >= 0.3 is 5.97 Å². The summed E-state index contributed by atoms with van der Waals surface area (Å²) in [5.74, 6) is -0.812. The van der Waals surface area contributed by atoms with Crippen molar-refractivity contribution >= 4 is 56.8 Å². The van der Waals surface area contributed by atoms with E-state index in [2.05, 4.69) is 56.4 Å². The molecule has 2 aliphatic heterocycles. The van der Waals surface area contributed by atoms with Crippen LogP contribution in [0.5, 0.6) is 0 Å². The summed E-state index contributed by atoms with van der Waals surface area (Å²) in [4.78, 5) is 54.9. The number of H-pyrrole nitrogens is 2. The number of methoxy groups -OCH3 is 1. The van der Waals surface area contributed by atoms with Crippen molar-refractivity contribution in [2.24, 2.45) is 0 Å². The van der Waals surface area contributed by atoms with Crippen molar-refractivity contribution in [3.05, 3.63) is 75.9 Å². The first-order valence-electron chi connectivity index (χ1n) is 15.1. The van der Waals surface area contributed by atoms with Gasteiger partial charge in [0.15, 0.2) is 5.78 Å². The van der Waals surface area contributed by atoms with Crippen LogP contribution in [0.15, 0.2) is 30.8 Å². The lowest BCUT2D eigenvalue weighted by molar-refractivity contribution is -0.139. The molecule has 228 valence electrons. The van der Waals surface area contributed by atoms with Crippen LogP contribution in [-0.2, 0) is 14.3 Å². The lowest BCUT2D eigenvalue weighted by Crippen LogP contribution is -2.10. The van der Waals surface area contributed by atoms with Crippen molar-refractivity contribution in [1.82, 2.24) is 19.9 Å². The van der Waals surface area contributed by atoms with Crippen LogP contribution >= 0.6 is 0 Å². The number of aryl methyl sites for hydroxylation is 2. The van der Waals surface area contributed by atoms with E-state index in [0.29, 0.717) is 23.9 Å². The van der Waals surface area contributed by atoms with Gasteiger partial charge in [-0.2, -0.15) is 0 Å². The van der Waals surface area contributed by atoms with E-state index in [1.165, 1.54) is 7.11 Å². The highest BCUT2D eigenvalue weighted by Gasteiger charge is 2.30. The Kier molecular flexibility index (Phi) is 8.55. The molecule has 3 aromatic heterocycles. The Bertz CT molecular complexity index is 1910. The Morgan fingerprint density at radius 2 is 1.59 bits per heavy atom. The van der Waals surface area contributed by atoms with E-state index in [1.54, 1.807) is 6.92 Å². The zero-order valence-electron chi connectivity index (χ0n) is 26.6. The monoisotopic (exact) mass is 592 g/mol. The van der Waals surface area contributed by atoms with Crippen molar-refractivity contribution in [1.29, 1.82) is 0 Å². The van der Waals surface area contributed by atoms with Gasteiger partial charge in [0.1, 0.15) is 12.2 Å². The molecular weight excluding hydrogens is 552 g/mol. The molecule has 0 fully saturated rings. The van der Waals surface area contributed by atoms with E-state index in [0.717, 1.165) is 73.6 Å². The number of ketones is 2. The maximum Gasteiger partial charge on any atom is 0.313 e. The number of allylic oxidation sites excluding steroid dienone is 2. The first kappa shape index (κ1) is 30.9. The number of carbonyl (C=O) groups excluding carboxylic acids is 3. The second-order valence-electron chi connectivity index (χ2n) is 11.8. The van der Waals surface area contributed by atoms with E-state index in [4.69, 9.17) is 14.7 Å². The van der Waals surface area contributed by atoms with Gasteiger partial charge in [-0.05, 0) is 87.1 Å². The minimum atomic E-state index is -0.594. The molecule has 5 rings (SSSR count). The van der Waals surface area contributed by atoms with Crippen LogP contribution in [0.2, 0.25) is 0 Å². The fourth-order valence-corrected chi connectivity index (χ4v) is 6.48. The molecule has 2 atom stereocenters. The fourth-order valence-electron chi connectivity index (χ4n) is 6.48. The van der Waals surface area contributed by atoms with E-state index >= 15 is 0 Å². The summed E-state index contributed by atoms with van der Waals surface area (Å²) in [6, 6.07) is 8.04. The highest BCUT2D eigenvalue weighted by Crippen LogP contribution is 2.41. The van der Waals surface area contributed by atoms with Gasteiger partial charge in [-0.25, -0.2) is 4.98 Å². The smallest absolute Gasteiger partial charge is 0.313 e. The second-order valence-corrected chi connectivity index (χ2v) is 11.8. The van der Waals surface area contributed by atoms with Gasteiger partial charge < -0.3 is 19.5 Å². The minimum Gasteiger partial charge on any atom is -0.469 e. The van der Waals surface area contributed by atoms with E-state index in [9.17, 15) is 14.4 Å². The quantitative estimate of drug-likeness (QED) is 0.156. The molecule has 8 nitrogen and oxygen atoms in total. The number of rotatable bonds is 8. The first-order chi connectivity index (χ1) is 21.0. The number of aromatic amines is 2. The molecule has 0 saturated heterocycles. The number of carbonyl (C=O) groups is 3. The first-order valence-corrected chi connectivity index (χ1v) is 15.1. The van der Waals surface area contributed by atoms with E-state index < -0.39 is 5.97 Å². The van der Waals surface area contributed by atoms with Crippen LogP contribution in [-0.4, -0.2) is 44.6 Å². The number of esters is 1. The summed E-state index contributed by atoms with van der Waals surface area (Å²) in [5, 5.41) is 0. The lowest BCUT2D eigenvalue weighted by atomic mass is 9.87. The van der Waals surface area contributed by atoms with Gasteiger partial charge in [0.25, 0.3) is 0 Å². The molecule has 0 aliphatic carbocycles. The molecule has 0 spiro atoms. The number of nitrogens with one attached hydrogen (secondary N) is 2. The summed E-state index contributed by atoms with van der Waals surface area (Å²) in [5.41, 5.74) is 12.0. The van der Waals surface area contributed by atoms with E-state index in [1.807, 2.05) is 25.1 Å². The number of fused-ring (bicyclic) bond motifs is 8. The fraction of sp³-hybridized carbons (Fsp3) is 0.361. The maximum absolute atomic E-state index is 13.5. The summed E-state index contributed by atoms with van der Waals surface area (Å²) >= 11 is 0. The summed E-state index contributed by atoms with van der Waals surface area (Å²) in [7, 11) is 1.28. The Labute approximate surface area is 257 Å². The van der Waals surface area contributed by atoms with Gasteiger partial charge in [-0.15, -0.1) is 0 Å². The summed E-state index contributed by atoms with van der Waals surface area (Å²) in [6.07, 6.45) is 3.34. The van der Waals surface area contributed by atoms with Crippen molar-refractivity contribution in [3.8, 4) is 0 Å². The van der Waals surface area contributed by atoms with Crippen LogP contribution in [0.3, 0.4) is 0 Å². The molecule has 0 amide bonds. The van der Waals surface area contributed by atoms with Crippen LogP contribution in [0.25, 0.3) is 39.3 Å². The minimum absolute atomic E-state index is 0.0307. The van der Waals surface area contributed by atoms with Crippen LogP contribution in [0, 0.1) is 13.8 Å². The third kappa shape index (κ3) is 5.56. The molecule has 2 N–H and O–H groups in total. The Hall–Kier alpha value is -4.59. The predicted octanol–water partition coefficient (Wildman–Crippen LogP) is 7.92. The Morgan fingerprint density at radius 3 is 2.25 bits per heavy atom. The second kappa shape index (κ2) is 12.2. The number of Topliss-reactive ketones (excluding diaryl/α,β-unsaturated/α-hetero) is 2. The average molecular weight is 593 g/mol.